The van der Waals surface area contributed by atoms with Gasteiger partial charge in [0.05, 0.1) is 13.2 Å². The van der Waals surface area contributed by atoms with Gasteiger partial charge in [0.1, 0.15) is 0 Å². The summed E-state index contributed by atoms with van der Waals surface area (Å²) in [6.45, 7) is 4.09. The fraction of sp³-hybridized carbons (Fsp3) is 1.00. The predicted octanol–water partition coefficient (Wildman–Crippen LogP) is -0.192. The molecular weight excluding hydrogens is 140 g/mol. The Balaban J connectivity index is 1.93. The fourth-order valence-electron chi connectivity index (χ4n) is 2.00. The highest BCUT2D eigenvalue weighted by atomic mass is 16.5. The van der Waals surface area contributed by atoms with Gasteiger partial charge in [-0.15, -0.1) is 0 Å². The SMILES string of the molecule is N[C@H]1CCN2CCOCC2C1. The summed E-state index contributed by atoms with van der Waals surface area (Å²) in [4.78, 5) is 2.51. The van der Waals surface area contributed by atoms with Gasteiger partial charge in [0.25, 0.3) is 0 Å². The van der Waals surface area contributed by atoms with Gasteiger partial charge in [0.15, 0.2) is 0 Å². The Kier molecular flexibility index (Phi) is 2.11. The number of ether oxygens (including phenoxy) is 1. The number of morpholine rings is 1. The maximum Gasteiger partial charge on any atom is 0.0623 e. The zero-order valence-electron chi connectivity index (χ0n) is 6.83. The number of hydrogen-bond donors (Lipinski definition) is 1. The van der Waals surface area contributed by atoms with Crippen LogP contribution < -0.4 is 5.73 Å². The highest BCUT2D eigenvalue weighted by molar-refractivity contribution is 4.85. The number of piperidine rings is 1. The molecule has 3 heteroatoms. The molecule has 0 aromatic rings. The van der Waals surface area contributed by atoms with Crippen molar-refractivity contribution >= 4 is 0 Å². The van der Waals surface area contributed by atoms with Crippen LogP contribution in [-0.2, 0) is 4.74 Å². The molecular formula is C8H16N2O. The molecule has 2 rings (SSSR count). The molecule has 0 amide bonds. The predicted molar refractivity (Wildman–Crippen MR) is 43.4 cm³/mol. The topological polar surface area (TPSA) is 38.5 Å². The van der Waals surface area contributed by atoms with E-state index in [2.05, 4.69) is 4.90 Å². The van der Waals surface area contributed by atoms with Gasteiger partial charge in [-0.2, -0.15) is 0 Å². The Bertz CT molecular complexity index is 140. The fourth-order valence-corrected chi connectivity index (χ4v) is 2.00. The van der Waals surface area contributed by atoms with E-state index < -0.39 is 0 Å². The standard InChI is InChI=1S/C8H16N2O/c9-7-1-2-10-3-4-11-6-8(10)5-7/h7-8H,1-6,9H2/t7-,8?/m0/s1. The largest absolute Gasteiger partial charge is 0.378 e. The summed E-state index contributed by atoms with van der Waals surface area (Å²) in [6.07, 6.45) is 2.29. The van der Waals surface area contributed by atoms with E-state index in [1.807, 2.05) is 0 Å². The summed E-state index contributed by atoms with van der Waals surface area (Å²) in [5, 5.41) is 0. The third-order valence-corrected chi connectivity index (χ3v) is 2.71. The van der Waals surface area contributed by atoms with Crippen LogP contribution in [0.4, 0.5) is 0 Å². The van der Waals surface area contributed by atoms with Crippen LogP contribution in [-0.4, -0.2) is 43.3 Å². The minimum atomic E-state index is 0.415. The van der Waals surface area contributed by atoms with E-state index in [1.165, 1.54) is 6.54 Å². The van der Waals surface area contributed by atoms with Gasteiger partial charge >= 0.3 is 0 Å². The maximum absolute atomic E-state index is 5.86. The lowest BCUT2D eigenvalue weighted by atomic mass is 9.98. The van der Waals surface area contributed by atoms with Crippen LogP contribution in [0.1, 0.15) is 12.8 Å². The molecule has 1 unspecified atom stereocenters. The molecule has 2 saturated heterocycles. The van der Waals surface area contributed by atoms with Gasteiger partial charge in [-0.1, -0.05) is 0 Å². The Morgan fingerprint density at radius 3 is 3.18 bits per heavy atom. The van der Waals surface area contributed by atoms with Crippen molar-refractivity contribution < 1.29 is 4.74 Å². The molecule has 0 aliphatic carbocycles. The lowest BCUT2D eigenvalue weighted by Gasteiger charge is -2.41. The van der Waals surface area contributed by atoms with Crippen molar-refractivity contribution in [1.29, 1.82) is 0 Å². The molecule has 11 heavy (non-hydrogen) atoms. The van der Waals surface area contributed by atoms with Gasteiger partial charge in [-0.25, -0.2) is 0 Å². The minimum absolute atomic E-state index is 0.415. The molecule has 2 heterocycles. The molecule has 0 saturated carbocycles. The maximum atomic E-state index is 5.86. The zero-order chi connectivity index (χ0) is 7.68. The lowest BCUT2D eigenvalue weighted by molar-refractivity contribution is -0.0268. The summed E-state index contributed by atoms with van der Waals surface area (Å²) in [5.74, 6) is 0. The highest BCUT2D eigenvalue weighted by Gasteiger charge is 2.28. The van der Waals surface area contributed by atoms with Crippen LogP contribution in [0.15, 0.2) is 0 Å². The van der Waals surface area contributed by atoms with Crippen molar-refractivity contribution in [3.8, 4) is 0 Å². The molecule has 0 aromatic heterocycles. The van der Waals surface area contributed by atoms with Crippen LogP contribution in [0, 0.1) is 0 Å². The normalized spacial score (nSPS) is 40.1. The first-order valence-corrected chi connectivity index (χ1v) is 4.43. The van der Waals surface area contributed by atoms with Crippen molar-refractivity contribution in [2.75, 3.05) is 26.3 Å². The first kappa shape index (κ1) is 7.53. The van der Waals surface area contributed by atoms with Crippen molar-refractivity contribution in [1.82, 2.24) is 4.90 Å². The molecule has 64 valence electrons. The van der Waals surface area contributed by atoms with Crippen molar-refractivity contribution in [2.45, 2.75) is 24.9 Å². The summed E-state index contributed by atoms with van der Waals surface area (Å²) in [6, 6.07) is 1.03. The van der Waals surface area contributed by atoms with E-state index in [-0.39, 0.29) is 0 Å². The molecule has 3 nitrogen and oxygen atoms in total. The average Bonchev–Trinajstić information content (AvgIpc) is 2.04. The molecule has 2 aliphatic heterocycles. The Hall–Kier alpha value is -0.120. The molecule has 2 N–H and O–H groups in total. The third-order valence-electron chi connectivity index (χ3n) is 2.71. The number of rotatable bonds is 0. The van der Waals surface area contributed by atoms with Crippen LogP contribution in [0.3, 0.4) is 0 Å². The quantitative estimate of drug-likeness (QED) is 0.528. The van der Waals surface area contributed by atoms with Crippen molar-refractivity contribution in [2.24, 2.45) is 5.73 Å². The van der Waals surface area contributed by atoms with Crippen molar-refractivity contribution in [3.05, 3.63) is 0 Å². The number of nitrogens with two attached hydrogens (primary N) is 1. The molecule has 2 atom stereocenters. The number of fused-ring (bicyclic) bond motifs is 1. The minimum Gasteiger partial charge on any atom is -0.378 e. The second-order valence-corrected chi connectivity index (χ2v) is 3.55. The molecule has 0 aromatic carbocycles. The van der Waals surface area contributed by atoms with Gasteiger partial charge in [0, 0.05) is 25.2 Å². The van der Waals surface area contributed by atoms with Crippen LogP contribution in [0.2, 0.25) is 0 Å². The first-order valence-electron chi connectivity index (χ1n) is 4.43. The first-order chi connectivity index (χ1) is 5.36. The molecule has 0 spiro atoms. The van der Waals surface area contributed by atoms with E-state index in [4.69, 9.17) is 10.5 Å². The van der Waals surface area contributed by atoms with Crippen LogP contribution in [0.25, 0.3) is 0 Å². The van der Waals surface area contributed by atoms with Gasteiger partial charge in [-0.05, 0) is 12.8 Å². The van der Waals surface area contributed by atoms with E-state index in [0.717, 1.165) is 32.6 Å². The van der Waals surface area contributed by atoms with E-state index in [9.17, 15) is 0 Å². The molecule has 2 aliphatic rings. The molecule has 0 bridgehead atoms. The summed E-state index contributed by atoms with van der Waals surface area (Å²) < 4.78 is 5.39. The van der Waals surface area contributed by atoms with Crippen LogP contribution >= 0.6 is 0 Å². The van der Waals surface area contributed by atoms with Crippen molar-refractivity contribution in [3.63, 3.8) is 0 Å². The van der Waals surface area contributed by atoms with Gasteiger partial charge in [-0.3, -0.25) is 4.90 Å². The second kappa shape index (κ2) is 3.09. The Morgan fingerprint density at radius 1 is 1.36 bits per heavy atom. The smallest absolute Gasteiger partial charge is 0.0623 e. The Morgan fingerprint density at radius 2 is 2.27 bits per heavy atom. The third kappa shape index (κ3) is 1.55. The summed E-state index contributed by atoms with van der Waals surface area (Å²) in [5.41, 5.74) is 5.86. The molecule has 2 fully saturated rings. The van der Waals surface area contributed by atoms with E-state index in [0.29, 0.717) is 12.1 Å². The molecule has 0 radical (unpaired) electrons. The van der Waals surface area contributed by atoms with Gasteiger partial charge in [0.2, 0.25) is 0 Å². The van der Waals surface area contributed by atoms with E-state index in [1.54, 1.807) is 0 Å². The zero-order valence-corrected chi connectivity index (χ0v) is 6.83. The summed E-state index contributed by atoms with van der Waals surface area (Å²) >= 11 is 0. The van der Waals surface area contributed by atoms with Crippen LogP contribution in [0.5, 0.6) is 0 Å². The second-order valence-electron chi connectivity index (χ2n) is 3.55. The Labute approximate surface area is 67.5 Å². The number of hydrogen-bond acceptors (Lipinski definition) is 3. The highest BCUT2D eigenvalue weighted by Crippen LogP contribution is 2.18. The van der Waals surface area contributed by atoms with E-state index >= 15 is 0 Å². The number of nitrogens with zero attached hydrogens (tertiary/aromatic N) is 1. The summed E-state index contributed by atoms with van der Waals surface area (Å²) in [7, 11) is 0. The average molecular weight is 156 g/mol. The lowest BCUT2D eigenvalue weighted by Crippen LogP contribution is -2.52. The van der Waals surface area contributed by atoms with Gasteiger partial charge < -0.3 is 10.5 Å². The monoisotopic (exact) mass is 156 g/mol.